The molecule has 1 aliphatic heterocycles. The second-order valence-electron chi connectivity index (χ2n) is 5.76. The van der Waals surface area contributed by atoms with Crippen molar-refractivity contribution in [2.75, 3.05) is 44.3 Å². The Labute approximate surface area is 163 Å². The second-order valence-corrected chi connectivity index (χ2v) is 5.76. The topological polar surface area (TPSA) is 48.9 Å². The van der Waals surface area contributed by atoms with Gasteiger partial charge in [0.1, 0.15) is 0 Å². The third kappa shape index (κ3) is 6.12. The number of anilines is 1. The quantitative estimate of drug-likeness (QED) is 0.279. The van der Waals surface area contributed by atoms with Crippen molar-refractivity contribution < 1.29 is 4.74 Å². The Kier molecular flexibility index (Phi) is 10.1. The molecule has 1 unspecified atom stereocenters. The van der Waals surface area contributed by atoms with Crippen molar-refractivity contribution in [1.82, 2.24) is 10.6 Å². The van der Waals surface area contributed by atoms with E-state index in [1.165, 1.54) is 11.3 Å². The molecule has 5 nitrogen and oxygen atoms in total. The Morgan fingerprint density at radius 1 is 1.29 bits per heavy atom. The van der Waals surface area contributed by atoms with Gasteiger partial charge in [0.15, 0.2) is 5.96 Å². The van der Waals surface area contributed by atoms with E-state index in [4.69, 9.17) is 9.73 Å². The van der Waals surface area contributed by atoms with Crippen LogP contribution in [-0.2, 0) is 11.2 Å². The Morgan fingerprint density at radius 2 is 2.08 bits per heavy atom. The summed E-state index contributed by atoms with van der Waals surface area (Å²) in [5.74, 6) is 0.867. The number of aliphatic imine (C=N–C) groups is 1. The zero-order valence-corrected chi connectivity index (χ0v) is 17.4. The highest BCUT2D eigenvalue weighted by molar-refractivity contribution is 14.0. The SMILES string of the molecule is CCNC(=NCC(C)N1CCc2ccccc21)NCCOCC.I. The fraction of sp³-hybridized carbons (Fsp3) is 0.611. The Balaban J connectivity index is 0.00000288. The van der Waals surface area contributed by atoms with Gasteiger partial charge in [0.2, 0.25) is 0 Å². The number of halogens is 1. The summed E-state index contributed by atoms with van der Waals surface area (Å²) in [5.41, 5.74) is 2.81. The first-order valence-corrected chi connectivity index (χ1v) is 8.70. The van der Waals surface area contributed by atoms with E-state index in [0.29, 0.717) is 12.6 Å². The van der Waals surface area contributed by atoms with Crippen LogP contribution in [0.5, 0.6) is 0 Å². The number of hydrogen-bond donors (Lipinski definition) is 2. The first-order chi connectivity index (χ1) is 11.3. The third-order valence-corrected chi connectivity index (χ3v) is 4.06. The average Bonchev–Trinajstić information content (AvgIpc) is 3.00. The highest BCUT2D eigenvalue weighted by Gasteiger charge is 2.22. The highest BCUT2D eigenvalue weighted by Crippen LogP contribution is 2.29. The minimum Gasteiger partial charge on any atom is -0.380 e. The number of para-hydroxylation sites is 1. The molecular formula is C18H31IN4O. The minimum absolute atomic E-state index is 0. The maximum Gasteiger partial charge on any atom is 0.191 e. The van der Waals surface area contributed by atoms with Gasteiger partial charge < -0.3 is 20.3 Å². The van der Waals surface area contributed by atoms with Gasteiger partial charge in [0, 0.05) is 38.0 Å². The van der Waals surface area contributed by atoms with Crippen LogP contribution in [0.1, 0.15) is 26.3 Å². The lowest BCUT2D eigenvalue weighted by atomic mass is 10.2. The molecule has 1 aliphatic rings. The van der Waals surface area contributed by atoms with Gasteiger partial charge in [-0.15, -0.1) is 24.0 Å². The van der Waals surface area contributed by atoms with Crippen LogP contribution in [-0.4, -0.2) is 51.4 Å². The summed E-state index contributed by atoms with van der Waals surface area (Å²) >= 11 is 0. The van der Waals surface area contributed by atoms with E-state index in [0.717, 1.165) is 45.2 Å². The number of benzene rings is 1. The van der Waals surface area contributed by atoms with Gasteiger partial charge >= 0.3 is 0 Å². The van der Waals surface area contributed by atoms with E-state index in [1.54, 1.807) is 0 Å². The lowest BCUT2D eigenvalue weighted by Crippen LogP contribution is -2.41. The van der Waals surface area contributed by atoms with E-state index in [2.05, 4.69) is 53.6 Å². The lowest BCUT2D eigenvalue weighted by Gasteiger charge is -2.26. The molecule has 0 fully saturated rings. The standard InChI is InChI=1S/C18H30N4O.HI/c1-4-19-18(20-11-13-23-5-2)21-14-15(3)22-12-10-16-8-6-7-9-17(16)22;/h6-9,15H,4-5,10-14H2,1-3H3,(H2,19,20,21);1H. The van der Waals surface area contributed by atoms with Crippen molar-refractivity contribution in [1.29, 1.82) is 0 Å². The second kappa shape index (κ2) is 11.5. The van der Waals surface area contributed by atoms with Crippen molar-refractivity contribution in [3.05, 3.63) is 29.8 Å². The van der Waals surface area contributed by atoms with Gasteiger partial charge in [-0.25, -0.2) is 0 Å². The number of rotatable bonds is 8. The summed E-state index contributed by atoms with van der Waals surface area (Å²) in [6, 6.07) is 9.07. The monoisotopic (exact) mass is 446 g/mol. The zero-order valence-electron chi connectivity index (χ0n) is 15.0. The van der Waals surface area contributed by atoms with Crippen LogP contribution in [0.25, 0.3) is 0 Å². The summed E-state index contributed by atoms with van der Waals surface area (Å²) in [4.78, 5) is 7.19. The van der Waals surface area contributed by atoms with Crippen molar-refractivity contribution >= 4 is 35.6 Å². The van der Waals surface area contributed by atoms with Gasteiger partial charge in [-0.2, -0.15) is 0 Å². The molecule has 0 radical (unpaired) electrons. The molecule has 2 N–H and O–H groups in total. The highest BCUT2D eigenvalue weighted by atomic mass is 127. The van der Waals surface area contributed by atoms with Crippen LogP contribution < -0.4 is 15.5 Å². The van der Waals surface area contributed by atoms with Crippen LogP contribution in [0.2, 0.25) is 0 Å². The van der Waals surface area contributed by atoms with Crippen molar-refractivity contribution in [2.24, 2.45) is 4.99 Å². The fourth-order valence-corrected chi connectivity index (χ4v) is 2.87. The molecule has 0 aliphatic carbocycles. The lowest BCUT2D eigenvalue weighted by molar-refractivity contribution is 0.152. The summed E-state index contributed by atoms with van der Waals surface area (Å²) in [6.45, 7) is 11.3. The van der Waals surface area contributed by atoms with Gasteiger partial charge in [0.25, 0.3) is 0 Å². The molecule has 2 rings (SSSR count). The maximum absolute atomic E-state index is 5.35. The number of nitrogens with one attached hydrogen (secondary N) is 2. The Morgan fingerprint density at radius 3 is 2.83 bits per heavy atom. The smallest absolute Gasteiger partial charge is 0.191 e. The Bertz CT molecular complexity index is 510. The van der Waals surface area contributed by atoms with Crippen molar-refractivity contribution in [3.63, 3.8) is 0 Å². The van der Waals surface area contributed by atoms with Crippen molar-refractivity contribution in [3.8, 4) is 0 Å². The predicted molar refractivity (Wildman–Crippen MR) is 113 cm³/mol. The molecule has 0 saturated heterocycles. The van der Waals surface area contributed by atoms with Crippen LogP contribution >= 0.6 is 24.0 Å². The molecule has 0 aromatic heterocycles. The van der Waals surface area contributed by atoms with Crippen LogP contribution in [0.15, 0.2) is 29.3 Å². The van der Waals surface area contributed by atoms with E-state index in [-0.39, 0.29) is 24.0 Å². The van der Waals surface area contributed by atoms with Gasteiger partial charge in [-0.3, -0.25) is 4.99 Å². The van der Waals surface area contributed by atoms with E-state index in [1.807, 2.05) is 6.92 Å². The summed E-state index contributed by atoms with van der Waals surface area (Å²) in [7, 11) is 0. The molecule has 0 amide bonds. The molecule has 1 heterocycles. The third-order valence-electron chi connectivity index (χ3n) is 4.06. The summed E-state index contributed by atoms with van der Waals surface area (Å²) < 4.78 is 5.35. The van der Waals surface area contributed by atoms with Gasteiger partial charge in [-0.1, -0.05) is 18.2 Å². The molecule has 24 heavy (non-hydrogen) atoms. The number of fused-ring (bicyclic) bond motifs is 1. The molecular weight excluding hydrogens is 415 g/mol. The van der Waals surface area contributed by atoms with E-state index < -0.39 is 0 Å². The molecule has 136 valence electrons. The van der Waals surface area contributed by atoms with Crippen LogP contribution in [0, 0.1) is 0 Å². The molecule has 6 heteroatoms. The first-order valence-electron chi connectivity index (χ1n) is 8.70. The molecule has 1 aromatic carbocycles. The van der Waals surface area contributed by atoms with Crippen LogP contribution in [0.3, 0.4) is 0 Å². The average molecular weight is 446 g/mol. The number of ether oxygens (including phenoxy) is 1. The van der Waals surface area contributed by atoms with E-state index in [9.17, 15) is 0 Å². The largest absolute Gasteiger partial charge is 0.380 e. The van der Waals surface area contributed by atoms with Crippen molar-refractivity contribution in [2.45, 2.75) is 33.2 Å². The molecule has 0 bridgehead atoms. The maximum atomic E-state index is 5.35. The summed E-state index contributed by atoms with van der Waals surface area (Å²) in [5, 5.41) is 6.61. The number of nitrogens with zero attached hydrogens (tertiary/aromatic N) is 2. The normalized spacial score (nSPS) is 14.8. The molecule has 0 spiro atoms. The number of hydrogen-bond acceptors (Lipinski definition) is 3. The molecule has 1 aromatic rings. The molecule has 1 atom stereocenters. The summed E-state index contributed by atoms with van der Waals surface area (Å²) in [6.07, 6.45) is 1.14. The number of guanidine groups is 1. The predicted octanol–water partition coefficient (Wildman–Crippen LogP) is 2.65. The van der Waals surface area contributed by atoms with Crippen LogP contribution in [0.4, 0.5) is 5.69 Å². The van der Waals surface area contributed by atoms with Gasteiger partial charge in [-0.05, 0) is 38.8 Å². The molecule has 0 saturated carbocycles. The Hall–Kier alpha value is -1.02. The first kappa shape index (κ1) is 21.0. The fourth-order valence-electron chi connectivity index (χ4n) is 2.87. The zero-order chi connectivity index (χ0) is 16.5. The van der Waals surface area contributed by atoms with E-state index >= 15 is 0 Å². The minimum atomic E-state index is 0. The van der Waals surface area contributed by atoms with Gasteiger partial charge in [0.05, 0.1) is 13.2 Å².